The maximum absolute atomic E-state index is 11.6. The Morgan fingerprint density at radius 3 is 2.56 bits per heavy atom. The van der Waals surface area contributed by atoms with Gasteiger partial charge in [0.15, 0.2) is 0 Å². The Morgan fingerprint density at radius 1 is 1.22 bits per heavy atom. The van der Waals surface area contributed by atoms with E-state index < -0.39 is 0 Å². The molecule has 4 heteroatoms. The molecule has 0 aromatic carbocycles. The van der Waals surface area contributed by atoms with E-state index in [-0.39, 0.29) is 5.97 Å². The lowest BCUT2D eigenvalue weighted by Gasteiger charge is -2.15. The number of cyclic esters (lactones) is 1. The van der Waals surface area contributed by atoms with Crippen molar-refractivity contribution in [2.24, 2.45) is 0 Å². The number of hydrogen-bond acceptors (Lipinski definition) is 2. The molecule has 0 N–H and O–H groups in total. The largest absolute Gasteiger partial charge is 0.457 e. The van der Waals surface area contributed by atoms with E-state index in [1.165, 1.54) is 32.1 Å². The van der Waals surface area contributed by atoms with Gasteiger partial charge in [-0.05, 0) is 50.8 Å². The minimum Gasteiger partial charge on any atom is -0.457 e. The molecule has 2 nitrogen and oxygen atoms in total. The van der Waals surface area contributed by atoms with Crippen molar-refractivity contribution in [2.45, 2.75) is 51.9 Å². The van der Waals surface area contributed by atoms with Gasteiger partial charge in [-0.1, -0.05) is 39.0 Å². The summed E-state index contributed by atoms with van der Waals surface area (Å²) in [7, 11) is 0. The predicted molar refractivity (Wildman–Crippen MR) is 81.9 cm³/mol. The second-order valence-electron chi connectivity index (χ2n) is 4.55. The highest BCUT2D eigenvalue weighted by Crippen LogP contribution is 2.26. The lowest BCUT2D eigenvalue weighted by atomic mass is 10.0. The van der Waals surface area contributed by atoms with E-state index in [1.807, 2.05) is 6.08 Å². The van der Waals surface area contributed by atoms with Crippen LogP contribution in [0.4, 0.5) is 0 Å². The Hall–Kier alpha value is -0.0900. The van der Waals surface area contributed by atoms with Crippen molar-refractivity contribution in [1.82, 2.24) is 0 Å². The van der Waals surface area contributed by atoms with E-state index in [1.54, 1.807) is 0 Å². The van der Waals surface area contributed by atoms with Crippen molar-refractivity contribution < 1.29 is 9.53 Å². The van der Waals surface area contributed by atoms with E-state index in [4.69, 9.17) is 4.74 Å². The Bertz CT molecular complexity index is 342. The molecule has 0 fully saturated rings. The molecule has 0 atom stereocenters. The number of carbonyl (C=O) groups excluding carboxylic acids is 1. The first-order valence-electron chi connectivity index (χ1n) is 6.57. The van der Waals surface area contributed by atoms with Gasteiger partial charge < -0.3 is 4.74 Å². The molecule has 0 saturated heterocycles. The topological polar surface area (TPSA) is 26.3 Å². The van der Waals surface area contributed by atoms with Crippen LogP contribution in [0.5, 0.6) is 0 Å². The van der Waals surface area contributed by atoms with Crippen LogP contribution >= 0.6 is 31.9 Å². The SMILES string of the molecule is CCCCCCCCC1=CC(=C(Br)Br)COC1=O. The minimum atomic E-state index is -0.159. The molecule has 0 aliphatic carbocycles. The smallest absolute Gasteiger partial charge is 0.334 e. The molecule has 1 heterocycles. The quantitative estimate of drug-likeness (QED) is 0.447. The van der Waals surface area contributed by atoms with Crippen LogP contribution < -0.4 is 0 Å². The van der Waals surface area contributed by atoms with Crippen molar-refractivity contribution in [3.63, 3.8) is 0 Å². The average Bonchev–Trinajstić information content (AvgIpc) is 2.35. The maximum Gasteiger partial charge on any atom is 0.334 e. The normalized spacial score (nSPS) is 15.4. The van der Waals surface area contributed by atoms with Gasteiger partial charge in [0.2, 0.25) is 0 Å². The molecular weight excluding hydrogens is 360 g/mol. The highest BCUT2D eigenvalue weighted by atomic mass is 79.9. The Kier molecular flexibility index (Phi) is 7.91. The first kappa shape index (κ1) is 16.0. The van der Waals surface area contributed by atoms with Gasteiger partial charge in [0.25, 0.3) is 0 Å². The van der Waals surface area contributed by atoms with Crippen LogP contribution in [0.3, 0.4) is 0 Å². The average molecular weight is 380 g/mol. The van der Waals surface area contributed by atoms with Gasteiger partial charge in [-0.25, -0.2) is 4.79 Å². The van der Waals surface area contributed by atoms with Crippen LogP contribution in [-0.4, -0.2) is 12.6 Å². The van der Waals surface area contributed by atoms with Crippen molar-refractivity contribution in [3.8, 4) is 0 Å². The number of ether oxygens (including phenoxy) is 1. The highest BCUT2D eigenvalue weighted by molar-refractivity contribution is 9.28. The number of halogens is 2. The van der Waals surface area contributed by atoms with E-state index in [0.717, 1.165) is 27.4 Å². The van der Waals surface area contributed by atoms with Crippen LogP contribution in [0.25, 0.3) is 0 Å². The molecule has 0 bridgehead atoms. The molecule has 18 heavy (non-hydrogen) atoms. The fraction of sp³-hybridized carbons (Fsp3) is 0.643. The third kappa shape index (κ3) is 5.70. The fourth-order valence-corrected chi connectivity index (χ4v) is 2.38. The van der Waals surface area contributed by atoms with Crippen LogP contribution in [0.1, 0.15) is 51.9 Å². The van der Waals surface area contributed by atoms with Gasteiger partial charge in [-0.3, -0.25) is 0 Å². The standard InChI is InChI=1S/C14H20Br2O2/c1-2-3-4-5-6-7-8-11-9-12(13(15)16)10-18-14(11)17/h9H,2-8,10H2,1H3. The zero-order valence-corrected chi connectivity index (χ0v) is 14.0. The fourth-order valence-electron chi connectivity index (χ4n) is 1.93. The first-order chi connectivity index (χ1) is 8.65. The molecule has 1 aliphatic heterocycles. The van der Waals surface area contributed by atoms with Crippen molar-refractivity contribution in [3.05, 3.63) is 20.6 Å². The van der Waals surface area contributed by atoms with Crippen LogP contribution in [-0.2, 0) is 9.53 Å². The molecule has 0 saturated carbocycles. The van der Waals surface area contributed by atoms with E-state index in [2.05, 4.69) is 38.8 Å². The highest BCUT2D eigenvalue weighted by Gasteiger charge is 2.18. The zero-order valence-electron chi connectivity index (χ0n) is 10.8. The summed E-state index contributed by atoms with van der Waals surface area (Å²) in [5.41, 5.74) is 1.79. The summed E-state index contributed by atoms with van der Waals surface area (Å²) < 4.78 is 6.00. The molecule has 102 valence electrons. The number of carbonyl (C=O) groups is 1. The van der Waals surface area contributed by atoms with Gasteiger partial charge in [0, 0.05) is 11.1 Å². The lowest BCUT2D eigenvalue weighted by Crippen LogP contribution is -2.16. The molecule has 0 unspecified atom stereocenters. The Morgan fingerprint density at radius 2 is 1.89 bits per heavy atom. The third-order valence-electron chi connectivity index (χ3n) is 3.01. The van der Waals surface area contributed by atoms with Gasteiger partial charge in [-0.2, -0.15) is 0 Å². The molecule has 0 aromatic rings. The summed E-state index contributed by atoms with van der Waals surface area (Å²) in [5, 5.41) is 0. The summed E-state index contributed by atoms with van der Waals surface area (Å²) in [6, 6.07) is 0. The van der Waals surface area contributed by atoms with E-state index in [9.17, 15) is 4.79 Å². The van der Waals surface area contributed by atoms with Crippen molar-refractivity contribution in [1.29, 1.82) is 0 Å². The minimum absolute atomic E-state index is 0.159. The summed E-state index contributed by atoms with van der Waals surface area (Å²) in [5.74, 6) is -0.159. The van der Waals surface area contributed by atoms with Crippen LogP contribution in [0.15, 0.2) is 20.6 Å². The summed E-state index contributed by atoms with van der Waals surface area (Å²) in [4.78, 5) is 11.6. The van der Waals surface area contributed by atoms with Crippen molar-refractivity contribution in [2.75, 3.05) is 6.61 Å². The second-order valence-corrected chi connectivity index (χ2v) is 7.20. The summed E-state index contributed by atoms with van der Waals surface area (Å²) in [6.45, 7) is 2.57. The first-order valence-corrected chi connectivity index (χ1v) is 8.15. The van der Waals surface area contributed by atoms with Crippen molar-refractivity contribution >= 4 is 37.8 Å². The molecule has 1 aliphatic rings. The second kappa shape index (κ2) is 8.92. The Balaban J connectivity index is 2.35. The molecule has 1 rings (SSSR count). The molecular formula is C14H20Br2O2. The number of rotatable bonds is 7. The van der Waals surface area contributed by atoms with Gasteiger partial charge in [-0.15, -0.1) is 0 Å². The monoisotopic (exact) mass is 378 g/mol. The number of unbranched alkanes of at least 4 members (excludes halogenated alkanes) is 5. The van der Waals surface area contributed by atoms with E-state index in [0.29, 0.717) is 6.61 Å². The van der Waals surface area contributed by atoms with Gasteiger partial charge >= 0.3 is 5.97 Å². The summed E-state index contributed by atoms with van der Waals surface area (Å²) in [6.07, 6.45) is 10.2. The lowest BCUT2D eigenvalue weighted by molar-refractivity contribution is -0.138. The molecule has 0 radical (unpaired) electrons. The summed E-state index contributed by atoms with van der Waals surface area (Å²) >= 11 is 6.71. The number of esters is 1. The third-order valence-corrected chi connectivity index (χ3v) is 4.03. The van der Waals surface area contributed by atoms with E-state index >= 15 is 0 Å². The molecule has 0 spiro atoms. The number of hydrogen-bond donors (Lipinski definition) is 0. The zero-order chi connectivity index (χ0) is 13.4. The van der Waals surface area contributed by atoms with Gasteiger partial charge in [0.05, 0.1) is 3.39 Å². The predicted octanol–water partition coefficient (Wildman–Crippen LogP) is 5.22. The van der Waals surface area contributed by atoms with Gasteiger partial charge in [0.1, 0.15) is 6.61 Å². The van der Waals surface area contributed by atoms with Crippen LogP contribution in [0, 0.1) is 0 Å². The maximum atomic E-state index is 11.6. The molecule has 0 aromatic heterocycles. The Labute approximate surface area is 126 Å². The van der Waals surface area contributed by atoms with Crippen LogP contribution in [0.2, 0.25) is 0 Å². The molecule has 0 amide bonds.